The summed E-state index contributed by atoms with van der Waals surface area (Å²) in [5.41, 5.74) is 3.32. The minimum atomic E-state index is -0.694. The Bertz CT molecular complexity index is 732. The van der Waals surface area contributed by atoms with E-state index in [4.69, 9.17) is 21.1 Å². The van der Waals surface area contributed by atoms with Crippen molar-refractivity contribution in [3.05, 3.63) is 59.1 Å². The van der Waals surface area contributed by atoms with E-state index in [1.807, 2.05) is 24.3 Å². The average Bonchev–Trinajstić information content (AvgIpc) is 2.63. The third kappa shape index (κ3) is 6.76. The molecule has 6 heteroatoms. The van der Waals surface area contributed by atoms with Crippen molar-refractivity contribution in [3.63, 3.8) is 0 Å². The molecule has 0 aliphatic carbocycles. The molecule has 0 fully saturated rings. The number of unbranched alkanes of at least 4 members (excludes halogenated alkanes) is 1. The van der Waals surface area contributed by atoms with Gasteiger partial charge in [-0.25, -0.2) is 5.43 Å². The Morgan fingerprint density at radius 1 is 1.23 bits per heavy atom. The summed E-state index contributed by atoms with van der Waals surface area (Å²) in [6.45, 7) is 4.48. The van der Waals surface area contributed by atoms with Crippen LogP contribution >= 0.6 is 11.6 Å². The zero-order valence-electron chi connectivity index (χ0n) is 14.9. The SMILES string of the molecule is CCCCOc1ccc(/C=N\NC(=O)[C@H](C)Oc2cccc(Cl)c2)cc1. The second kappa shape index (κ2) is 10.5. The van der Waals surface area contributed by atoms with Gasteiger partial charge in [0.15, 0.2) is 6.10 Å². The van der Waals surface area contributed by atoms with Crippen molar-refractivity contribution in [2.45, 2.75) is 32.8 Å². The first-order valence-corrected chi connectivity index (χ1v) is 8.94. The van der Waals surface area contributed by atoms with Gasteiger partial charge in [0.2, 0.25) is 0 Å². The van der Waals surface area contributed by atoms with Gasteiger partial charge in [-0.2, -0.15) is 5.10 Å². The van der Waals surface area contributed by atoms with Crippen LogP contribution in [0.4, 0.5) is 0 Å². The number of rotatable bonds is 9. The Morgan fingerprint density at radius 3 is 2.69 bits per heavy atom. The summed E-state index contributed by atoms with van der Waals surface area (Å²) < 4.78 is 11.1. The molecule has 1 atom stereocenters. The van der Waals surface area contributed by atoms with Crippen LogP contribution in [-0.2, 0) is 4.79 Å². The molecule has 0 saturated heterocycles. The van der Waals surface area contributed by atoms with Crippen LogP contribution in [0.2, 0.25) is 5.02 Å². The number of ether oxygens (including phenoxy) is 2. The van der Waals surface area contributed by atoms with Gasteiger partial charge in [0, 0.05) is 5.02 Å². The lowest BCUT2D eigenvalue weighted by atomic mass is 10.2. The lowest BCUT2D eigenvalue weighted by molar-refractivity contribution is -0.127. The fourth-order valence-corrected chi connectivity index (χ4v) is 2.22. The van der Waals surface area contributed by atoms with Crippen LogP contribution in [0.1, 0.15) is 32.3 Å². The van der Waals surface area contributed by atoms with E-state index >= 15 is 0 Å². The highest BCUT2D eigenvalue weighted by molar-refractivity contribution is 6.30. The molecule has 1 N–H and O–H groups in total. The molecule has 0 aromatic heterocycles. The maximum Gasteiger partial charge on any atom is 0.280 e. The number of nitrogens with one attached hydrogen (secondary N) is 1. The van der Waals surface area contributed by atoms with Crippen LogP contribution in [0.3, 0.4) is 0 Å². The first-order chi connectivity index (χ1) is 12.6. The predicted molar refractivity (Wildman–Crippen MR) is 104 cm³/mol. The molecule has 2 aromatic carbocycles. The molecule has 2 rings (SSSR count). The van der Waals surface area contributed by atoms with E-state index < -0.39 is 6.10 Å². The molecule has 26 heavy (non-hydrogen) atoms. The van der Waals surface area contributed by atoms with Crippen LogP contribution in [0.25, 0.3) is 0 Å². The predicted octanol–water partition coefficient (Wildman–Crippen LogP) is 4.44. The van der Waals surface area contributed by atoms with Gasteiger partial charge in [0.25, 0.3) is 5.91 Å². The normalized spacial score (nSPS) is 12.0. The number of hydrogen-bond donors (Lipinski definition) is 1. The molecule has 2 aromatic rings. The van der Waals surface area contributed by atoms with Crippen LogP contribution in [0, 0.1) is 0 Å². The van der Waals surface area contributed by atoms with Gasteiger partial charge in [-0.15, -0.1) is 0 Å². The van der Waals surface area contributed by atoms with Crippen molar-refractivity contribution >= 4 is 23.7 Å². The van der Waals surface area contributed by atoms with Gasteiger partial charge in [0.05, 0.1) is 12.8 Å². The van der Waals surface area contributed by atoms with Gasteiger partial charge in [-0.1, -0.05) is 31.0 Å². The molecule has 0 bridgehead atoms. The largest absolute Gasteiger partial charge is 0.494 e. The molecule has 0 heterocycles. The molecule has 5 nitrogen and oxygen atoms in total. The maximum atomic E-state index is 12.0. The van der Waals surface area contributed by atoms with Crippen molar-refractivity contribution in [1.82, 2.24) is 5.43 Å². The first-order valence-electron chi connectivity index (χ1n) is 8.56. The Balaban J connectivity index is 1.80. The third-order valence-electron chi connectivity index (χ3n) is 3.51. The highest BCUT2D eigenvalue weighted by atomic mass is 35.5. The van der Waals surface area contributed by atoms with Gasteiger partial charge < -0.3 is 9.47 Å². The summed E-state index contributed by atoms with van der Waals surface area (Å²) in [7, 11) is 0. The van der Waals surface area contributed by atoms with Crippen LogP contribution in [0.15, 0.2) is 53.6 Å². The number of halogens is 1. The Labute approximate surface area is 159 Å². The summed E-state index contributed by atoms with van der Waals surface area (Å²) in [5.74, 6) is 1.01. The van der Waals surface area contributed by atoms with Gasteiger partial charge in [-0.3, -0.25) is 4.79 Å². The van der Waals surface area contributed by atoms with E-state index in [1.165, 1.54) is 0 Å². The fourth-order valence-electron chi connectivity index (χ4n) is 2.04. The summed E-state index contributed by atoms with van der Waals surface area (Å²) in [6.07, 6.45) is 3.01. The van der Waals surface area contributed by atoms with E-state index in [9.17, 15) is 4.79 Å². The highest BCUT2D eigenvalue weighted by Gasteiger charge is 2.13. The van der Waals surface area contributed by atoms with E-state index in [-0.39, 0.29) is 5.91 Å². The topological polar surface area (TPSA) is 59.9 Å². The number of hydrogen-bond acceptors (Lipinski definition) is 4. The number of carbonyl (C=O) groups excluding carboxylic acids is 1. The maximum absolute atomic E-state index is 12.0. The van der Waals surface area contributed by atoms with Crippen LogP contribution in [-0.4, -0.2) is 24.8 Å². The Hall–Kier alpha value is -2.53. The van der Waals surface area contributed by atoms with Crippen LogP contribution in [0.5, 0.6) is 11.5 Å². The second-order valence-corrected chi connectivity index (χ2v) is 6.16. The van der Waals surface area contributed by atoms with Crippen LogP contribution < -0.4 is 14.9 Å². The number of nitrogens with zero attached hydrogens (tertiary/aromatic N) is 1. The Kier molecular flexibility index (Phi) is 7.96. The highest BCUT2D eigenvalue weighted by Crippen LogP contribution is 2.18. The van der Waals surface area contributed by atoms with E-state index in [0.717, 1.165) is 24.2 Å². The standard InChI is InChI=1S/C20H23ClN2O3/c1-3-4-12-25-18-10-8-16(9-11-18)14-22-23-20(24)15(2)26-19-7-5-6-17(21)13-19/h5-11,13-15H,3-4,12H2,1-2H3,(H,23,24)/b22-14-/t15-/m0/s1. The summed E-state index contributed by atoms with van der Waals surface area (Å²) >= 11 is 5.89. The molecule has 0 unspecified atom stereocenters. The zero-order chi connectivity index (χ0) is 18.8. The summed E-state index contributed by atoms with van der Waals surface area (Å²) in [4.78, 5) is 12.0. The molecule has 138 valence electrons. The van der Waals surface area contributed by atoms with Gasteiger partial charge in [-0.05, 0) is 61.4 Å². The van der Waals surface area contributed by atoms with Crippen molar-refractivity contribution in [3.8, 4) is 11.5 Å². The molecular formula is C20H23ClN2O3. The van der Waals surface area contributed by atoms with Crippen molar-refractivity contribution < 1.29 is 14.3 Å². The molecule has 0 spiro atoms. The number of carbonyl (C=O) groups is 1. The van der Waals surface area contributed by atoms with E-state index in [2.05, 4.69) is 17.5 Å². The second-order valence-electron chi connectivity index (χ2n) is 5.72. The van der Waals surface area contributed by atoms with E-state index in [0.29, 0.717) is 17.4 Å². The smallest absolute Gasteiger partial charge is 0.280 e. The minimum Gasteiger partial charge on any atom is -0.494 e. The fraction of sp³-hybridized carbons (Fsp3) is 0.300. The Morgan fingerprint density at radius 2 is 2.00 bits per heavy atom. The summed E-state index contributed by atoms with van der Waals surface area (Å²) in [6, 6.07) is 14.4. The molecule has 1 amide bonds. The quantitative estimate of drug-likeness (QED) is 0.401. The number of amides is 1. The van der Waals surface area contributed by atoms with Gasteiger partial charge in [0.1, 0.15) is 11.5 Å². The zero-order valence-corrected chi connectivity index (χ0v) is 15.7. The van der Waals surface area contributed by atoms with Crippen molar-refractivity contribution in [1.29, 1.82) is 0 Å². The lowest BCUT2D eigenvalue weighted by Crippen LogP contribution is -2.33. The molecular weight excluding hydrogens is 352 g/mol. The minimum absolute atomic E-state index is 0.347. The van der Waals surface area contributed by atoms with Crippen molar-refractivity contribution in [2.24, 2.45) is 5.10 Å². The third-order valence-corrected chi connectivity index (χ3v) is 3.75. The first kappa shape index (κ1) is 19.8. The average molecular weight is 375 g/mol. The lowest BCUT2D eigenvalue weighted by Gasteiger charge is -2.12. The summed E-state index contributed by atoms with van der Waals surface area (Å²) in [5, 5.41) is 4.51. The molecule has 0 aliphatic rings. The monoisotopic (exact) mass is 374 g/mol. The molecule has 0 radical (unpaired) electrons. The molecule has 0 saturated carbocycles. The van der Waals surface area contributed by atoms with Gasteiger partial charge >= 0.3 is 0 Å². The van der Waals surface area contributed by atoms with E-state index in [1.54, 1.807) is 37.4 Å². The van der Waals surface area contributed by atoms with Crippen molar-refractivity contribution in [2.75, 3.05) is 6.61 Å². The molecule has 0 aliphatic heterocycles. The number of hydrazone groups is 1. The number of benzene rings is 2.